The first-order valence-electron chi connectivity index (χ1n) is 14.1. The average molecular weight is 610 g/mol. The van der Waals surface area contributed by atoms with Crippen LogP contribution in [-0.2, 0) is 11.2 Å². The monoisotopic (exact) mass is 609 g/mol. The molecule has 9 heteroatoms. The molecular weight excluding hydrogens is 578 g/mol. The summed E-state index contributed by atoms with van der Waals surface area (Å²) < 4.78 is 0.468. The lowest BCUT2D eigenvalue weighted by Crippen LogP contribution is -2.38. The van der Waals surface area contributed by atoms with E-state index in [1.165, 1.54) is 29.4 Å². The highest BCUT2D eigenvalue weighted by Crippen LogP contribution is 2.36. The van der Waals surface area contributed by atoms with Crippen LogP contribution in [0.4, 0.5) is 15.6 Å². The molecule has 2 heterocycles. The predicted molar refractivity (Wildman–Crippen MR) is 175 cm³/mol. The van der Waals surface area contributed by atoms with E-state index in [-0.39, 0.29) is 17.9 Å². The number of pyridine rings is 1. The van der Waals surface area contributed by atoms with Gasteiger partial charge in [-0.1, -0.05) is 102 Å². The van der Waals surface area contributed by atoms with Crippen LogP contribution in [0.15, 0.2) is 109 Å². The third-order valence-corrected chi connectivity index (χ3v) is 8.19. The van der Waals surface area contributed by atoms with E-state index in [0.29, 0.717) is 40.4 Å². The number of halogens is 1. The Morgan fingerprint density at radius 1 is 0.837 bits per heavy atom. The van der Waals surface area contributed by atoms with E-state index >= 15 is 0 Å². The number of amides is 3. The van der Waals surface area contributed by atoms with Crippen LogP contribution in [-0.4, -0.2) is 39.9 Å². The molecule has 0 bridgehead atoms. The zero-order valence-electron chi connectivity index (χ0n) is 23.7. The van der Waals surface area contributed by atoms with Gasteiger partial charge in [0.25, 0.3) is 0 Å². The van der Waals surface area contributed by atoms with Gasteiger partial charge in [-0.15, -0.1) is 0 Å². The molecular formula is C34H32ClN5O2S. The van der Waals surface area contributed by atoms with Crippen LogP contribution in [0.3, 0.4) is 0 Å². The van der Waals surface area contributed by atoms with Crippen molar-refractivity contribution in [1.29, 1.82) is 0 Å². The van der Waals surface area contributed by atoms with E-state index in [1.54, 1.807) is 18.3 Å². The van der Waals surface area contributed by atoms with Crippen molar-refractivity contribution in [3.63, 3.8) is 0 Å². The van der Waals surface area contributed by atoms with Crippen LogP contribution in [0.1, 0.15) is 36.1 Å². The van der Waals surface area contributed by atoms with Gasteiger partial charge in [-0.2, -0.15) is 0 Å². The lowest BCUT2D eigenvalue weighted by Gasteiger charge is -2.26. The quantitative estimate of drug-likeness (QED) is 0.158. The zero-order chi connectivity index (χ0) is 30.0. The second kappa shape index (κ2) is 14.6. The van der Waals surface area contributed by atoms with Crippen LogP contribution in [0.2, 0.25) is 4.34 Å². The average Bonchev–Trinajstić information content (AvgIpc) is 3.39. The molecule has 5 aromatic rings. The Hall–Kier alpha value is -4.53. The molecule has 0 spiro atoms. The molecule has 218 valence electrons. The smallest absolute Gasteiger partial charge is 0.323 e. The van der Waals surface area contributed by atoms with Gasteiger partial charge in [0, 0.05) is 55.5 Å². The van der Waals surface area contributed by atoms with Gasteiger partial charge < -0.3 is 10.2 Å². The molecule has 0 radical (unpaired) electrons. The fourth-order valence-electron chi connectivity index (χ4n) is 4.91. The minimum atomic E-state index is -0.242. The second-order valence-electron chi connectivity index (χ2n) is 10.1. The van der Waals surface area contributed by atoms with Crippen LogP contribution in [0.25, 0.3) is 11.3 Å². The van der Waals surface area contributed by atoms with Crippen molar-refractivity contribution < 1.29 is 9.59 Å². The molecule has 0 fully saturated rings. The summed E-state index contributed by atoms with van der Waals surface area (Å²) in [7, 11) is 0. The molecule has 5 rings (SSSR count). The molecule has 0 atom stereocenters. The standard InChI is InChI=1S/C34H32ClN5O2S/c1-24(41)37-29-17-15-27(16-18-29)31-32(35)43-33(38-31)39-34(42)40(22-19-28-14-8-9-21-36-28)23-20-30(25-10-4-2-5-11-25)26-12-6-3-7-13-26/h2-18,21,30H,19-20,22-23H2,1H3,(H,37,41)(H,38,39,42). The van der Waals surface area contributed by atoms with Crippen molar-refractivity contribution >= 4 is 45.7 Å². The Morgan fingerprint density at radius 3 is 2.09 bits per heavy atom. The number of carbonyl (C=O) groups is 2. The summed E-state index contributed by atoms with van der Waals surface area (Å²) >= 11 is 7.78. The number of thiazole rings is 1. The van der Waals surface area contributed by atoms with Crippen molar-refractivity contribution in [2.75, 3.05) is 23.7 Å². The third kappa shape index (κ3) is 8.28. The van der Waals surface area contributed by atoms with Crippen LogP contribution >= 0.6 is 22.9 Å². The highest BCUT2D eigenvalue weighted by atomic mass is 35.5. The minimum Gasteiger partial charge on any atom is -0.326 e. The summed E-state index contributed by atoms with van der Waals surface area (Å²) in [5.74, 6) is -0.00943. The van der Waals surface area contributed by atoms with Gasteiger partial charge in [0.2, 0.25) is 5.91 Å². The highest BCUT2D eigenvalue weighted by Gasteiger charge is 2.21. The molecule has 2 aromatic heterocycles. The lowest BCUT2D eigenvalue weighted by molar-refractivity contribution is -0.114. The Balaban J connectivity index is 1.33. The Bertz CT molecular complexity index is 1590. The van der Waals surface area contributed by atoms with E-state index in [1.807, 2.05) is 71.6 Å². The Morgan fingerprint density at radius 2 is 1.49 bits per heavy atom. The maximum absolute atomic E-state index is 13.7. The normalized spacial score (nSPS) is 10.9. The molecule has 0 aliphatic heterocycles. The summed E-state index contributed by atoms with van der Waals surface area (Å²) in [5, 5.41) is 6.15. The number of anilines is 2. The van der Waals surface area contributed by atoms with Crippen molar-refractivity contribution in [3.05, 3.63) is 130 Å². The molecule has 3 aromatic carbocycles. The molecule has 2 N–H and O–H groups in total. The van der Waals surface area contributed by atoms with Gasteiger partial charge in [-0.25, -0.2) is 9.78 Å². The largest absolute Gasteiger partial charge is 0.326 e. The molecule has 0 saturated heterocycles. The Kier molecular flexibility index (Phi) is 10.2. The number of aromatic nitrogens is 2. The topological polar surface area (TPSA) is 87.2 Å². The van der Waals surface area contributed by atoms with Gasteiger partial charge >= 0.3 is 6.03 Å². The highest BCUT2D eigenvalue weighted by molar-refractivity contribution is 7.20. The number of urea groups is 1. The summed E-state index contributed by atoms with van der Waals surface area (Å²) in [6, 6.07) is 33.6. The number of rotatable bonds is 11. The van der Waals surface area contributed by atoms with E-state index in [0.717, 1.165) is 17.7 Å². The van der Waals surface area contributed by atoms with Crippen molar-refractivity contribution in [2.24, 2.45) is 0 Å². The molecule has 43 heavy (non-hydrogen) atoms. The van der Waals surface area contributed by atoms with E-state index in [2.05, 4.69) is 44.9 Å². The fraction of sp³-hybridized carbons (Fsp3) is 0.176. The number of carbonyl (C=O) groups excluding carboxylic acids is 2. The van der Waals surface area contributed by atoms with Crippen LogP contribution in [0.5, 0.6) is 0 Å². The maximum atomic E-state index is 13.7. The van der Waals surface area contributed by atoms with Gasteiger partial charge in [0.15, 0.2) is 5.13 Å². The van der Waals surface area contributed by atoms with E-state index in [4.69, 9.17) is 11.6 Å². The number of benzene rings is 3. The van der Waals surface area contributed by atoms with Gasteiger partial charge in [-0.05, 0) is 41.8 Å². The molecule has 0 saturated carbocycles. The van der Waals surface area contributed by atoms with E-state index < -0.39 is 0 Å². The van der Waals surface area contributed by atoms with Crippen molar-refractivity contribution in [3.8, 4) is 11.3 Å². The van der Waals surface area contributed by atoms with Gasteiger partial charge in [0.05, 0.1) is 0 Å². The summed E-state index contributed by atoms with van der Waals surface area (Å²) in [6.45, 7) is 2.49. The zero-order valence-corrected chi connectivity index (χ0v) is 25.3. The summed E-state index contributed by atoms with van der Waals surface area (Å²) in [5.41, 5.74) is 5.38. The maximum Gasteiger partial charge on any atom is 0.323 e. The molecule has 3 amide bonds. The summed E-state index contributed by atoms with van der Waals surface area (Å²) in [6.07, 6.45) is 3.14. The second-order valence-corrected chi connectivity index (χ2v) is 11.7. The molecule has 0 unspecified atom stereocenters. The SMILES string of the molecule is CC(=O)Nc1ccc(-c2nc(NC(=O)N(CCc3ccccn3)CCC(c3ccccc3)c3ccccc3)sc2Cl)cc1. The first-order valence-corrected chi connectivity index (χ1v) is 15.3. The number of hydrogen-bond acceptors (Lipinski definition) is 5. The first-order chi connectivity index (χ1) is 21.0. The third-order valence-electron chi connectivity index (χ3n) is 7.02. The Labute approximate surface area is 260 Å². The fourth-order valence-corrected chi connectivity index (χ4v) is 5.99. The minimum absolute atomic E-state index is 0.133. The lowest BCUT2D eigenvalue weighted by atomic mass is 9.88. The van der Waals surface area contributed by atoms with Crippen LogP contribution in [0, 0.1) is 0 Å². The predicted octanol–water partition coefficient (Wildman–Crippen LogP) is 8.12. The van der Waals surface area contributed by atoms with Crippen molar-refractivity contribution in [1.82, 2.24) is 14.9 Å². The summed E-state index contributed by atoms with van der Waals surface area (Å²) in [4.78, 5) is 35.9. The molecule has 0 aliphatic rings. The first kappa shape index (κ1) is 29.9. The molecule has 7 nitrogen and oxygen atoms in total. The number of nitrogens with zero attached hydrogens (tertiary/aromatic N) is 3. The van der Waals surface area contributed by atoms with E-state index in [9.17, 15) is 9.59 Å². The number of nitrogens with one attached hydrogen (secondary N) is 2. The van der Waals surface area contributed by atoms with Crippen molar-refractivity contribution in [2.45, 2.75) is 25.7 Å². The van der Waals surface area contributed by atoms with Crippen LogP contribution < -0.4 is 10.6 Å². The molecule has 0 aliphatic carbocycles. The van der Waals surface area contributed by atoms with Gasteiger partial charge in [0.1, 0.15) is 10.0 Å². The number of hydrogen-bond donors (Lipinski definition) is 2. The van der Waals surface area contributed by atoms with Gasteiger partial charge in [-0.3, -0.25) is 15.1 Å².